The number of para-hydroxylation sites is 2. The van der Waals surface area contributed by atoms with Crippen LogP contribution in [0.25, 0.3) is 87.6 Å². The van der Waals surface area contributed by atoms with E-state index in [0.29, 0.717) is 0 Å². The summed E-state index contributed by atoms with van der Waals surface area (Å²) < 4.78 is 0. The molecule has 0 aliphatic carbocycles. The van der Waals surface area contributed by atoms with Crippen LogP contribution in [0.4, 0.5) is 17.1 Å². The molecule has 0 unspecified atom stereocenters. The van der Waals surface area contributed by atoms with E-state index in [9.17, 15) is 0 Å². The van der Waals surface area contributed by atoms with Gasteiger partial charge >= 0.3 is 0 Å². The predicted molar refractivity (Wildman–Crippen MR) is 253 cm³/mol. The van der Waals surface area contributed by atoms with Crippen molar-refractivity contribution in [3.05, 3.63) is 237 Å². The van der Waals surface area contributed by atoms with E-state index in [4.69, 9.17) is 0 Å². The van der Waals surface area contributed by atoms with Gasteiger partial charge in [0.05, 0.1) is 0 Å². The van der Waals surface area contributed by atoms with E-state index in [0.717, 1.165) is 17.1 Å². The molecule has 59 heavy (non-hydrogen) atoms. The second-order valence-electron chi connectivity index (χ2n) is 15.3. The van der Waals surface area contributed by atoms with Crippen LogP contribution in [0.1, 0.15) is 0 Å². The highest BCUT2D eigenvalue weighted by atomic mass is 15.1. The van der Waals surface area contributed by atoms with Crippen LogP contribution in [-0.2, 0) is 0 Å². The number of fused-ring (bicyclic) bond motifs is 7. The summed E-state index contributed by atoms with van der Waals surface area (Å²) in [5.74, 6) is 0. The summed E-state index contributed by atoms with van der Waals surface area (Å²) in [7, 11) is 0. The molecule has 0 saturated carbocycles. The first-order valence-electron chi connectivity index (χ1n) is 20.3. The standard InChI is InChI=1S/C58H39N/c1-6-18-40(19-7-1)53-39-54(41-20-8-2-9-21-41)57-52-35-33-46(38-55(52)50-28-16-17-29-51(50)58(57)56(53)42-22-10-3-11-23-42)43-30-31-45-37-49(34-32-44(45)36-43)59(47-24-12-4-13-25-47)48-26-14-5-15-27-48/h1-39H. The Kier molecular flexibility index (Phi) is 8.56. The van der Waals surface area contributed by atoms with Gasteiger partial charge in [0.25, 0.3) is 0 Å². The van der Waals surface area contributed by atoms with Gasteiger partial charge in [-0.25, -0.2) is 0 Å². The third-order valence-corrected chi connectivity index (χ3v) is 11.8. The molecule has 0 spiro atoms. The Hall–Kier alpha value is -7.74. The van der Waals surface area contributed by atoms with Crippen LogP contribution in [-0.4, -0.2) is 0 Å². The fourth-order valence-electron chi connectivity index (χ4n) is 9.08. The molecule has 1 nitrogen and oxygen atoms in total. The highest BCUT2D eigenvalue weighted by Crippen LogP contribution is 2.49. The van der Waals surface area contributed by atoms with Crippen LogP contribution < -0.4 is 4.90 Å². The number of anilines is 3. The van der Waals surface area contributed by atoms with Crippen molar-refractivity contribution in [3.8, 4) is 44.5 Å². The third-order valence-electron chi connectivity index (χ3n) is 11.8. The molecule has 0 aliphatic heterocycles. The Morgan fingerprint density at radius 2 is 0.712 bits per heavy atom. The lowest BCUT2D eigenvalue weighted by Gasteiger charge is -2.25. The van der Waals surface area contributed by atoms with Crippen LogP contribution in [0.15, 0.2) is 237 Å². The Balaban J connectivity index is 1.13. The van der Waals surface area contributed by atoms with E-state index >= 15 is 0 Å². The SMILES string of the molecule is c1ccc(-c2cc(-c3ccccc3)c3c4ccc(-c5ccc6cc(N(c7ccccc7)c7ccccc7)ccc6c5)cc4c4ccccc4c3c2-c2ccccc2)cc1. The number of benzene rings is 11. The maximum atomic E-state index is 2.44. The van der Waals surface area contributed by atoms with Crippen LogP contribution >= 0.6 is 0 Å². The molecule has 11 rings (SSSR count). The van der Waals surface area contributed by atoms with Crippen molar-refractivity contribution < 1.29 is 0 Å². The zero-order valence-electron chi connectivity index (χ0n) is 32.5. The summed E-state index contributed by atoms with van der Waals surface area (Å²) in [6.07, 6.45) is 0. The zero-order chi connectivity index (χ0) is 39.1. The topological polar surface area (TPSA) is 3.24 Å². The summed E-state index contributed by atoms with van der Waals surface area (Å²) >= 11 is 0. The smallest absolute Gasteiger partial charge is 0.0468 e. The Bertz CT molecular complexity index is 3250. The highest BCUT2D eigenvalue weighted by Gasteiger charge is 2.22. The molecule has 0 N–H and O–H groups in total. The lowest BCUT2D eigenvalue weighted by Crippen LogP contribution is -2.09. The molecule has 0 fully saturated rings. The summed E-state index contributed by atoms with van der Waals surface area (Å²) in [6, 6.07) is 86.2. The zero-order valence-corrected chi connectivity index (χ0v) is 32.5. The average molecular weight is 750 g/mol. The van der Waals surface area contributed by atoms with E-state index in [1.165, 1.54) is 87.6 Å². The monoisotopic (exact) mass is 749 g/mol. The normalized spacial score (nSPS) is 11.4. The minimum atomic E-state index is 1.13. The van der Waals surface area contributed by atoms with E-state index < -0.39 is 0 Å². The first-order valence-corrected chi connectivity index (χ1v) is 20.3. The molecule has 0 atom stereocenters. The number of rotatable bonds is 7. The van der Waals surface area contributed by atoms with Crippen molar-refractivity contribution in [2.75, 3.05) is 4.90 Å². The van der Waals surface area contributed by atoms with Crippen molar-refractivity contribution in [2.45, 2.75) is 0 Å². The van der Waals surface area contributed by atoms with Crippen LogP contribution in [0, 0.1) is 0 Å². The summed E-state index contributed by atoms with van der Waals surface area (Å²) in [6.45, 7) is 0. The number of nitrogens with zero attached hydrogens (tertiary/aromatic N) is 1. The molecule has 0 radical (unpaired) electrons. The molecule has 0 aromatic heterocycles. The van der Waals surface area contributed by atoms with Crippen molar-refractivity contribution in [1.29, 1.82) is 0 Å². The van der Waals surface area contributed by atoms with E-state index in [2.05, 4.69) is 241 Å². The average Bonchev–Trinajstić information content (AvgIpc) is 3.32. The largest absolute Gasteiger partial charge is 0.310 e. The first-order chi connectivity index (χ1) is 29.3. The second kappa shape index (κ2) is 14.6. The lowest BCUT2D eigenvalue weighted by molar-refractivity contribution is 1.29. The summed E-state index contributed by atoms with van der Waals surface area (Å²) in [5.41, 5.74) is 13.2. The van der Waals surface area contributed by atoms with Crippen LogP contribution in [0.2, 0.25) is 0 Å². The van der Waals surface area contributed by atoms with Gasteiger partial charge in [0.15, 0.2) is 0 Å². The quantitative estimate of drug-likeness (QED) is 0.147. The maximum Gasteiger partial charge on any atom is 0.0468 e. The summed E-state index contributed by atoms with van der Waals surface area (Å²) in [5, 5.41) is 10.0. The molecule has 1 heteroatoms. The van der Waals surface area contributed by atoms with Gasteiger partial charge in [-0.1, -0.05) is 182 Å². The highest BCUT2D eigenvalue weighted by molar-refractivity contribution is 6.33. The molecule has 0 saturated heterocycles. The molecule has 276 valence electrons. The first kappa shape index (κ1) is 34.5. The fourth-order valence-corrected chi connectivity index (χ4v) is 9.08. The molecule has 0 heterocycles. The van der Waals surface area contributed by atoms with E-state index in [1.54, 1.807) is 0 Å². The van der Waals surface area contributed by atoms with Gasteiger partial charge in [-0.2, -0.15) is 0 Å². The predicted octanol–water partition coefficient (Wildman–Crippen LogP) is 16.4. The fraction of sp³-hybridized carbons (Fsp3) is 0. The minimum Gasteiger partial charge on any atom is -0.310 e. The molecule has 11 aromatic carbocycles. The van der Waals surface area contributed by atoms with Gasteiger partial charge in [-0.3, -0.25) is 0 Å². The molecular weight excluding hydrogens is 711 g/mol. The summed E-state index contributed by atoms with van der Waals surface area (Å²) in [4.78, 5) is 2.32. The minimum absolute atomic E-state index is 1.13. The van der Waals surface area contributed by atoms with E-state index in [1.807, 2.05) is 0 Å². The molecule has 0 aliphatic rings. The van der Waals surface area contributed by atoms with Crippen molar-refractivity contribution >= 4 is 60.2 Å². The lowest BCUT2D eigenvalue weighted by atomic mass is 9.81. The van der Waals surface area contributed by atoms with Gasteiger partial charge in [0.2, 0.25) is 0 Å². The van der Waals surface area contributed by atoms with Crippen molar-refractivity contribution in [1.82, 2.24) is 0 Å². The third kappa shape index (κ3) is 6.12. The van der Waals surface area contributed by atoms with E-state index in [-0.39, 0.29) is 0 Å². The van der Waals surface area contributed by atoms with Crippen LogP contribution in [0.5, 0.6) is 0 Å². The number of hydrogen-bond acceptors (Lipinski definition) is 1. The van der Waals surface area contributed by atoms with Gasteiger partial charge in [0.1, 0.15) is 0 Å². The van der Waals surface area contributed by atoms with Crippen molar-refractivity contribution in [2.24, 2.45) is 0 Å². The van der Waals surface area contributed by atoms with Crippen molar-refractivity contribution in [3.63, 3.8) is 0 Å². The molecule has 0 amide bonds. The Morgan fingerprint density at radius 3 is 1.36 bits per heavy atom. The van der Waals surface area contributed by atoms with Gasteiger partial charge in [-0.05, 0) is 142 Å². The van der Waals surface area contributed by atoms with Gasteiger partial charge < -0.3 is 4.90 Å². The maximum absolute atomic E-state index is 2.44. The molecule has 0 bridgehead atoms. The Morgan fingerprint density at radius 1 is 0.237 bits per heavy atom. The number of hydrogen-bond donors (Lipinski definition) is 0. The van der Waals surface area contributed by atoms with Crippen LogP contribution in [0.3, 0.4) is 0 Å². The Labute approximate surface area is 344 Å². The molecule has 11 aromatic rings. The molecular formula is C58H39N. The second-order valence-corrected chi connectivity index (χ2v) is 15.3. The van der Waals surface area contributed by atoms with Gasteiger partial charge in [0, 0.05) is 17.1 Å². The van der Waals surface area contributed by atoms with Gasteiger partial charge in [-0.15, -0.1) is 0 Å².